The predicted octanol–water partition coefficient (Wildman–Crippen LogP) is 3.61. The molecule has 7 bridgehead atoms. The van der Waals surface area contributed by atoms with Crippen molar-refractivity contribution in [1.29, 1.82) is 0 Å². The van der Waals surface area contributed by atoms with Gasteiger partial charge in [-0.25, -0.2) is 4.79 Å². The lowest BCUT2D eigenvalue weighted by Crippen LogP contribution is -2.77. The Hall–Kier alpha value is -2.44. The third kappa shape index (κ3) is 4.22. The van der Waals surface area contributed by atoms with Gasteiger partial charge >= 0.3 is 11.9 Å². The van der Waals surface area contributed by atoms with Gasteiger partial charge in [0.25, 0.3) is 0 Å². The fourth-order valence-corrected chi connectivity index (χ4v) is 12.7. The van der Waals surface area contributed by atoms with Gasteiger partial charge in [0.2, 0.25) is 0 Å². The lowest BCUT2D eigenvalue weighted by Gasteiger charge is -2.69. The number of rotatable bonds is 11. The molecule has 260 valence electrons. The van der Waals surface area contributed by atoms with Crippen molar-refractivity contribution in [2.75, 3.05) is 62.4 Å². The molecular formula is C36H51NO10. The SMILES string of the molecule is CCN1C[C@]2(COC)CC[C@H](OC)[C@@]34[C@@H]5C[C@H]6[C@H](OC(=O)c7ccc(OC)c(OC)c7)[C@@H]5[C@](OC(C)=O)(C[C@@H]6OC)[C@@H]([C@H](OC)[C@H]23)[C@@H]14. The van der Waals surface area contributed by atoms with Crippen LogP contribution in [0.3, 0.4) is 0 Å². The van der Waals surface area contributed by atoms with Crippen LogP contribution in [0, 0.1) is 40.4 Å². The summed E-state index contributed by atoms with van der Waals surface area (Å²) in [7, 11) is 10.2. The number of esters is 2. The molecule has 1 aliphatic heterocycles. The summed E-state index contributed by atoms with van der Waals surface area (Å²) in [5, 5.41) is 0. The van der Waals surface area contributed by atoms with Crippen LogP contribution in [-0.2, 0) is 33.2 Å². The van der Waals surface area contributed by atoms with Crippen molar-refractivity contribution in [1.82, 2.24) is 4.90 Å². The van der Waals surface area contributed by atoms with Gasteiger partial charge in [-0.2, -0.15) is 0 Å². The van der Waals surface area contributed by atoms with Crippen LogP contribution in [0.1, 0.15) is 49.9 Å². The van der Waals surface area contributed by atoms with Crippen LogP contribution in [0.4, 0.5) is 0 Å². The summed E-state index contributed by atoms with van der Waals surface area (Å²) < 4.78 is 49.8. The van der Waals surface area contributed by atoms with Gasteiger partial charge in [0.05, 0.1) is 44.7 Å². The van der Waals surface area contributed by atoms with Gasteiger partial charge < -0.3 is 37.9 Å². The highest BCUT2D eigenvalue weighted by molar-refractivity contribution is 5.90. The molecule has 11 heteroatoms. The van der Waals surface area contributed by atoms with Crippen molar-refractivity contribution in [2.24, 2.45) is 40.4 Å². The summed E-state index contributed by atoms with van der Waals surface area (Å²) >= 11 is 0. The molecule has 1 aromatic carbocycles. The Labute approximate surface area is 277 Å². The monoisotopic (exact) mass is 657 g/mol. The number of hydrogen-bond acceptors (Lipinski definition) is 11. The van der Waals surface area contributed by atoms with Gasteiger partial charge in [0.15, 0.2) is 11.5 Å². The Morgan fingerprint density at radius 2 is 1.72 bits per heavy atom. The molecule has 47 heavy (non-hydrogen) atoms. The quantitative estimate of drug-likeness (QED) is 0.326. The first-order chi connectivity index (χ1) is 22.7. The number of carbonyl (C=O) groups is 2. The van der Waals surface area contributed by atoms with Crippen LogP contribution < -0.4 is 9.47 Å². The van der Waals surface area contributed by atoms with Gasteiger partial charge in [0.1, 0.15) is 11.7 Å². The molecule has 1 aromatic rings. The molecule has 6 aliphatic rings. The highest BCUT2D eigenvalue weighted by Crippen LogP contribution is 2.80. The average molecular weight is 658 g/mol. The number of ether oxygens (including phenoxy) is 8. The molecule has 6 fully saturated rings. The fourth-order valence-electron chi connectivity index (χ4n) is 12.7. The number of fused-ring (bicyclic) bond motifs is 2. The number of methoxy groups -OCH3 is 6. The molecule has 0 aromatic heterocycles. The maximum atomic E-state index is 14.1. The zero-order valence-corrected chi connectivity index (χ0v) is 29.0. The number of hydrogen-bond donors (Lipinski definition) is 0. The first-order valence-electron chi connectivity index (χ1n) is 17.1. The third-order valence-electron chi connectivity index (χ3n) is 13.5. The van der Waals surface area contributed by atoms with Crippen LogP contribution in [-0.4, -0.2) is 115 Å². The Morgan fingerprint density at radius 1 is 0.957 bits per heavy atom. The summed E-state index contributed by atoms with van der Waals surface area (Å²) in [6, 6.07) is 5.10. The second-order valence-corrected chi connectivity index (χ2v) is 14.8. The molecule has 1 heterocycles. The summed E-state index contributed by atoms with van der Waals surface area (Å²) in [6.07, 6.45) is 2.08. The first kappa shape index (κ1) is 33.1. The zero-order valence-electron chi connectivity index (χ0n) is 29.0. The molecule has 1 spiro atoms. The second kappa shape index (κ2) is 11.9. The number of nitrogens with zero attached hydrogens (tertiary/aromatic N) is 1. The van der Waals surface area contributed by atoms with E-state index in [9.17, 15) is 9.59 Å². The summed E-state index contributed by atoms with van der Waals surface area (Å²) in [4.78, 5) is 30.0. The van der Waals surface area contributed by atoms with Gasteiger partial charge in [-0.05, 0) is 49.9 Å². The molecule has 5 aliphatic carbocycles. The van der Waals surface area contributed by atoms with Crippen molar-refractivity contribution in [3.8, 4) is 11.5 Å². The number of likely N-dealkylation sites (tertiary alicyclic amines) is 1. The molecule has 0 N–H and O–H groups in total. The molecule has 11 nitrogen and oxygen atoms in total. The fraction of sp³-hybridized carbons (Fsp3) is 0.778. The third-order valence-corrected chi connectivity index (χ3v) is 13.5. The van der Waals surface area contributed by atoms with Crippen molar-refractivity contribution in [3.05, 3.63) is 23.8 Å². The minimum Gasteiger partial charge on any atom is -0.493 e. The summed E-state index contributed by atoms with van der Waals surface area (Å²) in [5.41, 5.74) is -1.10. The maximum Gasteiger partial charge on any atom is 0.338 e. The van der Waals surface area contributed by atoms with E-state index in [0.29, 0.717) is 30.1 Å². The molecule has 0 amide bonds. The van der Waals surface area contributed by atoms with Crippen LogP contribution in [0.2, 0.25) is 0 Å². The van der Waals surface area contributed by atoms with Crippen LogP contribution in [0.5, 0.6) is 11.5 Å². The van der Waals surface area contributed by atoms with Crippen molar-refractivity contribution < 1.29 is 47.5 Å². The van der Waals surface area contributed by atoms with Gasteiger partial charge in [-0.3, -0.25) is 9.69 Å². The maximum absolute atomic E-state index is 14.1. The van der Waals surface area contributed by atoms with E-state index < -0.39 is 17.7 Å². The van der Waals surface area contributed by atoms with E-state index in [1.54, 1.807) is 53.7 Å². The molecular weight excluding hydrogens is 606 g/mol. The van der Waals surface area contributed by atoms with E-state index in [1.807, 2.05) is 7.11 Å². The normalized spacial score (nSPS) is 44.2. The van der Waals surface area contributed by atoms with E-state index in [2.05, 4.69) is 11.8 Å². The van der Waals surface area contributed by atoms with Gasteiger partial charge in [-0.1, -0.05) is 6.92 Å². The summed E-state index contributed by atoms with van der Waals surface area (Å²) in [5.74, 6) is -0.209. The minimum absolute atomic E-state index is 0.0254. The highest BCUT2D eigenvalue weighted by atomic mass is 16.6. The van der Waals surface area contributed by atoms with Crippen molar-refractivity contribution in [3.63, 3.8) is 0 Å². The summed E-state index contributed by atoms with van der Waals surface area (Å²) in [6.45, 7) is 6.06. The topological polar surface area (TPSA) is 111 Å². The lowest BCUT2D eigenvalue weighted by molar-refractivity contribution is -0.280. The lowest BCUT2D eigenvalue weighted by atomic mass is 9.43. The molecule has 7 rings (SSSR count). The number of carbonyl (C=O) groups excluding carboxylic acids is 2. The Kier molecular flexibility index (Phi) is 8.35. The van der Waals surface area contributed by atoms with E-state index in [-0.39, 0.29) is 70.7 Å². The van der Waals surface area contributed by atoms with E-state index in [4.69, 9.17) is 37.9 Å². The minimum atomic E-state index is -0.977. The Morgan fingerprint density at radius 3 is 2.34 bits per heavy atom. The van der Waals surface area contributed by atoms with Crippen LogP contribution >= 0.6 is 0 Å². The molecule has 1 saturated heterocycles. The van der Waals surface area contributed by atoms with Crippen molar-refractivity contribution >= 4 is 11.9 Å². The van der Waals surface area contributed by atoms with Gasteiger partial charge in [-0.15, -0.1) is 0 Å². The Balaban J connectivity index is 1.42. The zero-order chi connectivity index (χ0) is 33.5. The molecule has 0 radical (unpaired) electrons. The number of piperidine rings is 1. The van der Waals surface area contributed by atoms with Crippen LogP contribution in [0.25, 0.3) is 0 Å². The van der Waals surface area contributed by atoms with Crippen molar-refractivity contribution in [2.45, 2.75) is 75.6 Å². The number of benzene rings is 1. The van der Waals surface area contributed by atoms with E-state index in [0.717, 1.165) is 32.4 Å². The van der Waals surface area contributed by atoms with E-state index >= 15 is 0 Å². The van der Waals surface area contributed by atoms with Gasteiger partial charge in [0, 0.05) is 88.9 Å². The second-order valence-electron chi connectivity index (χ2n) is 14.8. The average Bonchev–Trinajstić information content (AvgIpc) is 3.49. The van der Waals surface area contributed by atoms with E-state index in [1.165, 1.54) is 6.92 Å². The first-order valence-corrected chi connectivity index (χ1v) is 17.1. The largest absolute Gasteiger partial charge is 0.493 e. The predicted molar refractivity (Wildman–Crippen MR) is 169 cm³/mol. The van der Waals surface area contributed by atoms with Crippen LogP contribution in [0.15, 0.2) is 18.2 Å². The Bertz CT molecular complexity index is 1390. The standard InChI is InChI=1S/C36H51NO10/c1-9-37-17-34(18-40-3)13-12-26(44-7)36-22-15-21-25(43-6)16-35(47-19(2)38,28(32(36)37)30(45-8)31(34)36)27(22)29(21)46-33(39)20-10-11-23(41-4)24(14-20)42-5/h10-11,14,21-22,25-32H,9,12-13,15-18H2,1-8H3/t21-,22-,25+,26+,27-,28+,29+,30+,31-,32-,34+,35-,36+/m1/s1. The molecule has 5 saturated carbocycles. The smallest absolute Gasteiger partial charge is 0.338 e. The molecule has 0 unspecified atom stereocenters. The molecule has 13 atom stereocenters. The highest BCUT2D eigenvalue weighted by Gasteiger charge is 2.88.